The van der Waals surface area contributed by atoms with E-state index in [9.17, 15) is 19.2 Å². The fourth-order valence-electron chi connectivity index (χ4n) is 4.22. The van der Waals surface area contributed by atoms with E-state index >= 15 is 0 Å². The number of aromatic nitrogens is 2. The fourth-order valence-corrected chi connectivity index (χ4v) is 4.22. The maximum atomic E-state index is 13.0. The van der Waals surface area contributed by atoms with Crippen molar-refractivity contribution >= 4 is 40.5 Å². The van der Waals surface area contributed by atoms with Crippen LogP contribution in [-0.2, 0) is 38.8 Å². The van der Waals surface area contributed by atoms with Gasteiger partial charge in [-0.05, 0) is 35.9 Å². The van der Waals surface area contributed by atoms with Gasteiger partial charge in [-0.25, -0.2) is 4.98 Å². The Bertz CT molecular complexity index is 1330. The van der Waals surface area contributed by atoms with Crippen LogP contribution in [0.5, 0.6) is 0 Å². The molecule has 2 aromatic carbocycles. The van der Waals surface area contributed by atoms with E-state index in [1.807, 2.05) is 28.8 Å². The van der Waals surface area contributed by atoms with E-state index in [0.717, 1.165) is 11.0 Å². The molecule has 1 atom stereocenters. The highest BCUT2D eigenvalue weighted by Gasteiger charge is 2.29. The second-order valence-electron chi connectivity index (χ2n) is 8.55. The van der Waals surface area contributed by atoms with Crippen LogP contribution >= 0.6 is 0 Å². The summed E-state index contributed by atoms with van der Waals surface area (Å²) in [6, 6.07) is 11.7. The number of aliphatic carboxylic acids is 1. The molecule has 0 aliphatic carbocycles. The summed E-state index contributed by atoms with van der Waals surface area (Å²) in [7, 11) is 1.60. The molecule has 2 amide bonds. The third-order valence-corrected chi connectivity index (χ3v) is 5.92. The Labute approximate surface area is 207 Å². The number of benzene rings is 2. The van der Waals surface area contributed by atoms with Crippen molar-refractivity contribution in [1.82, 2.24) is 19.8 Å². The van der Waals surface area contributed by atoms with Crippen LogP contribution in [0.4, 0.5) is 5.69 Å². The SMILES string of the molecule is CC(=O)OCCn1c(CNC(=O)c2ccc3c(c2)CN(C)C(=O)[C@H](CC(=O)O)N3)nc2ccccc21. The molecule has 188 valence electrons. The number of hydrogen-bond donors (Lipinski definition) is 3. The lowest BCUT2D eigenvalue weighted by molar-refractivity contribution is -0.141. The number of fused-ring (bicyclic) bond motifs is 2. The summed E-state index contributed by atoms with van der Waals surface area (Å²) in [6.07, 6.45) is -0.344. The van der Waals surface area contributed by atoms with Gasteiger partial charge in [-0.3, -0.25) is 19.2 Å². The minimum atomic E-state index is -1.08. The first-order valence-electron chi connectivity index (χ1n) is 11.4. The summed E-state index contributed by atoms with van der Waals surface area (Å²) in [5.41, 5.74) is 3.36. The largest absolute Gasteiger partial charge is 0.481 e. The number of carbonyl (C=O) groups excluding carboxylic acids is 3. The van der Waals surface area contributed by atoms with Crippen molar-refractivity contribution in [2.45, 2.75) is 39.0 Å². The molecule has 1 aliphatic heterocycles. The van der Waals surface area contributed by atoms with E-state index in [1.54, 1.807) is 25.2 Å². The lowest BCUT2D eigenvalue weighted by Crippen LogP contribution is -2.39. The van der Waals surface area contributed by atoms with Gasteiger partial charge in [0.25, 0.3) is 5.91 Å². The van der Waals surface area contributed by atoms with E-state index < -0.39 is 12.0 Å². The number of carboxylic acids is 1. The molecule has 0 unspecified atom stereocenters. The molecule has 0 bridgehead atoms. The van der Waals surface area contributed by atoms with Gasteiger partial charge in [-0.2, -0.15) is 0 Å². The highest BCUT2D eigenvalue weighted by molar-refractivity contribution is 5.95. The van der Waals surface area contributed by atoms with Crippen LogP contribution in [0.15, 0.2) is 42.5 Å². The van der Waals surface area contributed by atoms with Gasteiger partial charge in [0.15, 0.2) is 0 Å². The maximum Gasteiger partial charge on any atom is 0.305 e. The van der Waals surface area contributed by atoms with Crippen molar-refractivity contribution in [2.24, 2.45) is 0 Å². The number of carboxylic acid groups (broad SMARTS) is 1. The van der Waals surface area contributed by atoms with Gasteiger partial charge in [0.2, 0.25) is 5.91 Å². The third kappa shape index (κ3) is 5.45. The van der Waals surface area contributed by atoms with Gasteiger partial charge in [0.05, 0.1) is 30.5 Å². The highest BCUT2D eigenvalue weighted by Crippen LogP contribution is 2.25. The number of imidazole rings is 1. The Morgan fingerprint density at radius 3 is 2.75 bits per heavy atom. The van der Waals surface area contributed by atoms with Gasteiger partial charge in [0.1, 0.15) is 18.5 Å². The number of rotatable bonds is 8. The molecule has 1 aromatic heterocycles. The fraction of sp³-hybridized carbons (Fsp3) is 0.320. The zero-order valence-electron chi connectivity index (χ0n) is 20.0. The van der Waals surface area contributed by atoms with Gasteiger partial charge in [-0.15, -0.1) is 0 Å². The first kappa shape index (κ1) is 24.7. The zero-order valence-corrected chi connectivity index (χ0v) is 20.0. The highest BCUT2D eigenvalue weighted by atomic mass is 16.5. The summed E-state index contributed by atoms with van der Waals surface area (Å²) in [4.78, 5) is 53.9. The average molecular weight is 494 g/mol. The molecule has 0 radical (unpaired) electrons. The van der Waals surface area contributed by atoms with Crippen molar-refractivity contribution in [3.05, 3.63) is 59.4 Å². The Balaban J connectivity index is 1.50. The molecule has 0 spiro atoms. The topological polar surface area (TPSA) is 143 Å². The average Bonchev–Trinajstić information content (AvgIpc) is 3.14. The second kappa shape index (κ2) is 10.5. The van der Waals surface area contributed by atoms with Crippen LogP contribution in [0.25, 0.3) is 11.0 Å². The summed E-state index contributed by atoms with van der Waals surface area (Å²) in [5, 5.41) is 15.0. The Hall–Kier alpha value is -4.41. The minimum Gasteiger partial charge on any atom is -0.481 e. The Morgan fingerprint density at radius 2 is 2.00 bits per heavy atom. The van der Waals surface area contributed by atoms with Crippen LogP contribution in [0.2, 0.25) is 0 Å². The maximum absolute atomic E-state index is 13.0. The van der Waals surface area contributed by atoms with Crippen molar-refractivity contribution in [2.75, 3.05) is 19.0 Å². The molecule has 36 heavy (non-hydrogen) atoms. The summed E-state index contributed by atoms with van der Waals surface area (Å²) in [6.45, 7) is 2.33. The van der Waals surface area contributed by atoms with E-state index in [1.165, 1.54) is 11.8 Å². The number of amides is 2. The zero-order chi connectivity index (χ0) is 25.8. The van der Waals surface area contributed by atoms with Crippen molar-refractivity contribution < 1.29 is 29.0 Å². The number of anilines is 1. The molecule has 0 saturated heterocycles. The standard InChI is InChI=1S/C25H27N5O6/c1-15(31)36-10-9-30-21-6-4-3-5-19(21)28-22(30)13-26-24(34)16-7-8-18-17(11-16)14-29(2)25(35)20(27-18)12-23(32)33/h3-8,11,20,27H,9-10,12-14H2,1-2H3,(H,26,34)(H,32,33)/t20-/m0/s1. The number of para-hydroxylation sites is 2. The third-order valence-electron chi connectivity index (χ3n) is 5.92. The van der Waals surface area contributed by atoms with E-state index in [2.05, 4.69) is 15.6 Å². The molecular formula is C25H27N5O6. The summed E-state index contributed by atoms with van der Waals surface area (Å²) < 4.78 is 6.99. The second-order valence-corrected chi connectivity index (χ2v) is 8.55. The van der Waals surface area contributed by atoms with Crippen LogP contribution < -0.4 is 10.6 Å². The number of esters is 1. The smallest absolute Gasteiger partial charge is 0.305 e. The van der Waals surface area contributed by atoms with Gasteiger partial charge in [-0.1, -0.05) is 12.1 Å². The first-order valence-corrected chi connectivity index (χ1v) is 11.4. The molecule has 11 nitrogen and oxygen atoms in total. The minimum absolute atomic E-state index is 0.155. The van der Waals surface area contributed by atoms with Crippen molar-refractivity contribution in [3.8, 4) is 0 Å². The monoisotopic (exact) mass is 493 g/mol. The van der Waals surface area contributed by atoms with E-state index in [0.29, 0.717) is 29.2 Å². The molecule has 3 aromatic rings. The van der Waals surface area contributed by atoms with Crippen molar-refractivity contribution in [3.63, 3.8) is 0 Å². The van der Waals surface area contributed by atoms with Gasteiger partial charge in [0, 0.05) is 31.8 Å². The normalized spacial score (nSPS) is 15.1. The predicted molar refractivity (Wildman–Crippen MR) is 130 cm³/mol. The molecule has 11 heteroatoms. The lowest BCUT2D eigenvalue weighted by atomic mass is 10.1. The number of likely N-dealkylation sites (N-methyl/N-ethyl adjacent to an activating group) is 1. The number of nitrogens with one attached hydrogen (secondary N) is 2. The molecule has 1 aliphatic rings. The molecular weight excluding hydrogens is 466 g/mol. The van der Waals surface area contributed by atoms with Gasteiger partial charge < -0.3 is 29.9 Å². The first-order chi connectivity index (χ1) is 17.2. The molecule has 0 fully saturated rings. The number of ether oxygens (including phenoxy) is 1. The molecule has 2 heterocycles. The van der Waals surface area contributed by atoms with E-state index in [-0.39, 0.29) is 43.9 Å². The van der Waals surface area contributed by atoms with Crippen molar-refractivity contribution in [1.29, 1.82) is 0 Å². The van der Waals surface area contributed by atoms with Crippen LogP contribution in [0, 0.1) is 0 Å². The molecule has 3 N–H and O–H groups in total. The quantitative estimate of drug-likeness (QED) is 0.403. The molecule has 0 saturated carbocycles. The Morgan fingerprint density at radius 1 is 1.22 bits per heavy atom. The summed E-state index contributed by atoms with van der Waals surface area (Å²) >= 11 is 0. The Kier molecular flexibility index (Phi) is 7.18. The lowest BCUT2D eigenvalue weighted by Gasteiger charge is -2.19. The summed E-state index contributed by atoms with van der Waals surface area (Å²) in [5.74, 6) is -1.47. The van der Waals surface area contributed by atoms with Gasteiger partial charge >= 0.3 is 11.9 Å². The van der Waals surface area contributed by atoms with Crippen LogP contribution in [-0.4, -0.2) is 63.0 Å². The van der Waals surface area contributed by atoms with Crippen LogP contribution in [0.3, 0.4) is 0 Å². The molecule has 4 rings (SSSR count). The number of hydrogen-bond acceptors (Lipinski definition) is 7. The number of carbonyl (C=O) groups is 4. The number of nitrogens with zero attached hydrogens (tertiary/aromatic N) is 3. The van der Waals surface area contributed by atoms with Crippen LogP contribution in [0.1, 0.15) is 35.1 Å². The van der Waals surface area contributed by atoms with E-state index in [4.69, 9.17) is 9.84 Å². The predicted octanol–water partition coefficient (Wildman–Crippen LogP) is 1.76.